The van der Waals surface area contributed by atoms with Crippen molar-refractivity contribution >= 4 is 44.0 Å². The van der Waals surface area contributed by atoms with Crippen LogP contribution in [0, 0.1) is 6.92 Å². The Morgan fingerprint density at radius 3 is 2.46 bits per heavy atom. The molecule has 3 heterocycles. The average molecular weight is 460 g/mol. The van der Waals surface area contributed by atoms with Gasteiger partial charge in [0.1, 0.15) is 22.5 Å². The zero-order valence-electron chi connectivity index (χ0n) is 16.1. The molecule has 0 bridgehead atoms. The van der Waals surface area contributed by atoms with E-state index in [9.17, 15) is 0 Å². The average Bonchev–Trinajstić information content (AvgIpc) is 3.18. The highest BCUT2D eigenvalue weighted by Crippen LogP contribution is 2.32. The van der Waals surface area contributed by atoms with E-state index in [1.165, 1.54) is 0 Å². The van der Waals surface area contributed by atoms with Crippen molar-refractivity contribution in [3.63, 3.8) is 0 Å². The van der Waals surface area contributed by atoms with Gasteiger partial charge >= 0.3 is 0 Å². The second-order valence-electron chi connectivity index (χ2n) is 6.88. The first kappa shape index (κ1) is 19.2. The number of benzene rings is 1. The van der Waals surface area contributed by atoms with Gasteiger partial charge < -0.3 is 14.7 Å². The molecule has 1 aliphatic rings. The predicted molar refractivity (Wildman–Crippen MR) is 118 cm³/mol. The minimum atomic E-state index is 0.760. The molecule has 3 aromatic rings. The number of aromatic nitrogens is 4. The highest BCUT2D eigenvalue weighted by molar-refractivity contribution is 9.10. The SMILES string of the molecule is Cc1nc(N2CCN(C)CC2)cc(N(C)c2nnc(-c3ccc(Br)cc3)s2)n1. The monoisotopic (exact) mass is 459 g/mol. The summed E-state index contributed by atoms with van der Waals surface area (Å²) in [5, 5.41) is 10.4. The maximum Gasteiger partial charge on any atom is 0.213 e. The van der Waals surface area contributed by atoms with Crippen LogP contribution in [0.25, 0.3) is 10.6 Å². The van der Waals surface area contributed by atoms with Gasteiger partial charge in [-0.1, -0.05) is 39.4 Å². The van der Waals surface area contributed by atoms with Crippen LogP contribution in [0.15, 0.2) is 34.8 Å². The van der Waals surface area contributed by atoms with Crippen LogP contribution in [0.4, 0.5) is 16.8 Å². The quantitative estimate of drug-likeness (QED) is 0.590. The van der Waals surface area contributed by atoms with Crippen molar-refractivity contribution in [1.82, 2.24) is 25.1 Å². The van der Waals surface area contributed by atoms with Crippen molar-refractivity contribution in [3.8, 4) is 10.6 Å². The van der Waals surface area contributed by atoms with Gasteiger partial charge in [-0.25, -0.2) is 9.97 Å². The summed E-state index contributed by atoms with van der Waals surface area (Å²) in [6, 6.07) is 10.1. The molecular weight excluding hydrogens is 438 g/mol. The molecule has 1 fully saturated rings. The van der Waals surface area contributed by atoms with Gasteiger partial charge in [0, 0.05) is 49.3 Å². The van der Waals surface area contributed by atoms with Gasteiger partial charge in [-0.3, -0.25) is 0 Å². The number of piperazine rings is 1. The van der Waals surface area contributed by atoms with E-state index >= 15 is 0 Å². The lowest BCUT2D eigenvalue weighted by Gasteiger charge is -2.33. The van der Waals surface area contributed by atoms with Crippen molar-refractivity contribution in [1.29, 1.82) is 0 Å². The lowest BCUT2D eigenvalue weighted by atomic mass is 10.2. The van der Waals surface area contributed by atoms with Crippen LogP contribution in [0.1, 0.15) is 5.82 Å². The third-order valence-corrected chi connectivity index (χ3v) is 6.35. The number of hydrogen-bond donors (Lipinski definition) is 0. The fourth-order valence-corrected chi connectivity index (χ4v) is 4.15. The molecule has 0 saturated carbocycles. The van der Waals surface area contributed by atoms with Gasteiger partial charge in [0.25, 0.3) is 0 Å². The molecule has 28 heavy (non-hydrogen) atoms. The molecule has 0 aliphatic carbocycles. The van der Waals surface area contributed by atoms with Crippen molar-refractivity contribution in [2.45, 2.75) is 6.92 Å². The number of rotatable bonds is 4. The number of aryl methyl sites for hydroxylation is 1. The summed E-state index contributed by atoms with van der Waals surface area (Å²) in [5.41, 5.74) is 1.05. The Morgan fingerprint density at radius 2 is 1.75 bits per heavy atom. The topological polar surface area (TPSA) is 61.3 Å². The third-order valence-electron chi connectivity index (χ3n) is 4.77. The predicted octanol–water partition coefficient (Wildman–Crippen LogP) is 3.59. The standard InChI is InChI=1S/C19H22BrN7S/c1-13-21-16(12-17(22-13)27-10-8-25(2)9-11-27)26(3)19-24-23-18(28-19)14-4-6-15(20)7-5-14/h4-7,12H,8-11H2,1-3H3. The Kier molecular flexibility index (Phi) is 5.56. The summed E-state index contributed by atoms with van der Waals surface area (Å²) < 4.78 is 1.05. The van der Waals surface area contributed by atoms with E-state index in [-0.39, 0.29) is 0 Å². The number of halogens is 1. The van der Waals surface area contributed by atoms with E-state index in [4.69, 9.17) is 0 Å². The lowest BCUT2D eigenvalue weighted by Crippen LogP contribution is -2.45. The molecule has 1 aromatic carbocycles. The Bertz CT molecular complexity index is 951. The Labute approximate surface area is 177 Å². The van der Waals surface area contributed by atoms with Gasteiger partial charge in [-0.2, -0.15) is 0 Å². The first-order valence-corrected chi connectivity index (χ1v) is 10.7. The van der Waals surface area contributed by atoms with Gasteiger partial charge in [0.15, 0.2) is 0 Å². The largest absolute Gasteiger partial charge is 0.354 e. The molecule has 2 aromatic heterocycles. The molecule has 0 N–H and O–H groups in total. The Balaban J connectivity index is 1.58. The highest BCUT2D eigenvalue weighted by atomic mass is 79.9. The van der Waals surface area contributed by atoms with Gasteiger partial charge in [0.05, 0.1) is 0 Å². The first-order valence-electron chi connectivity index (χ1n) is 9.12. The lowest BCUT2D eigenvalue weighted by molar-refractivity contribution is 0.312. The normalized spacial score (nSPS) is 15.1. The summed E-state index contributed by atoms with van der Waals surface area (Å²) in [4.78, 5) is 15.9. The second kappa shape index (κ2) is 8.10. The van der Waals surface area contributed by atoms with E-state index < -0.39 is 0 Å². The van der Waals surface area contributed by atoms with Crippen LogP contribution < -0.4 is 9.80 Å². The van der Waals surface area contributed by atoms with E-state index in [0.29, 0.717) is 0 Å². The number of hydrogen-bond acceptors (Lipinski definition) is 8. The molecule has 4 rings (SSSR count). The van der Waals surface area contributed by atoms with Crippen LogP contribution in [0.5, 0.6) is 0 Å². The maximum absolute atomic E-state index is 4.65. The smallest absolute Gasteiger partial charge is 0.213 e. The maximum atomic E-state index is 4.65. The van der Waals surface area contributed by atoms with Crippen molar-refractivity contribution < 1.29 is 0 Å². The van der Waals surface area contributed by atoms with E-state index in [0.717, 1.165) is 63.8 Å². The molecular formula is C19H22BrN7S. The molecule has 1 aliphatic heterocycles. The van der Waals surface area contributed by atoms with Crippen LogP contribution in [0.3, 0.4) is 0 Å². The summed E-state index contributed by atoms with van der Waals surface area (Å²) in [6.45, 7) is 5.97. The van der Waals surface area contributed by atoms with Crippen molar-refractivity contribution in [2.75, 3.05) is 50.1 Å². The van der Waals surface area contributed by atoms with Gasteiger partial charge in [-0.15, -0.1) is 10.2 Å². The van der Waals surface area contributed by atoms with Crippen molar-refractivity contribution in [2.24, 2.45) is 0 Å². The molecule has 0 spiro atoms. The molecule has 0 atom stereocenters. The zero-order valence-corrected chi connectivity index (χ0v) is 18.5. The van der Waals surface area contributed by atoms with Crippen LogP contribution >= 0.6 is 27.3 Å². The molecule has 0 radical (unpaired) electrons. The van der Waals surface area contributed by atoms with Crippen LogP contribution in [-0.4, -0.2) is 65.3 Å². The van der Waals surface area contributed by atoms with E-state index in [1.807, 2.05) is 49.2 Å². The Morgan fingerprint density at radius 1 is 1.04 bits per heavy atom. The number of nitrogens with zero attached hydrogens (tertiary/aromatic N) is 7. The van der Waals surface area contributed by atoms with Gasteiger partial charge in [-0.05, 0) is 26.1 Å². The third kappa shape index (κ3) is 4.16. The van der Waals surface area contributed by atoms with E-state index in [2.05, 4.69) is 52.9 Å². The van der Waals surface area contributed by atoms with Gasteiger partial charge in [0.2, 0.25) is 5.13 Å². The fraction of sp³-hybridized carbons (Fsp3) is 0.368. The number of anilines is 3. The first-order chi connectivity index (χ1) is 13.5. The molecule has 7 nitrogen and oxygen atoms in total. The summed E-state index contributed by atoms with van der Waals surface area (Å²) >= 11 is 5.01. The fourth-order valence-electron chi connectivity index (χ4n) is 3.06. The molecule has 1 saturated heterocycles. The molecule has 0 unspecified atom stereocenters. The second-order valence-corrected chi connectivity index (χ2v) is 8.75. The van der Waals surface area contributed by atoms with Crippen LogP contribution in [0.2, 0.25) is 0 Å². The minimum absolute atomic E-state index is 0.760. The minimum Gasteiger partial charge on any atom is -0.354 e. The summed E-state index contributed by atoms with van der Waals surface area (Å²) in [6.07, 6.45) is 0. The molecule has 146 valence electrons. The highest BCUT2D eigenvalue weighted by Gasteiger charge is 2.19. The summed E-state index contributed by atoms with van der Waals surface area (Å²) in [5.74, 6) is 2.57. The summed E-state index contributed by atoms with van der Waals surface area (Å²) in [7, 11) is 4.13. The molecule has 9 heteroatoms. The van der Waals surface area contributed by atoms with E-state index in [1.54, 1.807) is 11.3 Å². The molecule has 0 amide bonds. The Hall–Kier alpha value is -2.10. The van der Waals surface area contributed by atoms with Crippen LogP contribution in [-0.2, 0) is 0 Å². The van der Waals surface area contributed by atoms with Crippen molar-refractivity contribution in [3.05, 3.63) is 40.6 Å². The zero-order chi connectivity index (χ0) is 19.7. The number of likely N-dealkylation sites (N-methyl/N-ethyl adjacent to an activating group) is 1.